The van der Waals surface area contributed by atoms with Crippen molar-refractivity contribution in [2.75, 3.05) is 9.80 Å². The summed E-state index contributed by atoms with van der Waals surface area (Å²) in [5.41, 5.74) is 20.7. The van der Waals surface area contributed by atoms with E-state index in [2.05, 4.69) is 325 Å². The van der Waals surface area contributed by atoms with E-state index >= 15 is 0 Å². The summed E-state index contributed by atoms with van der Waals surface area (Å²) in [6, 6.07) is 116. The Bertz CT molecular complexity index is 4250. The molecular formula is C77H52N2S2. The van der Waals surface area contributed by atoms with Crippen molar-refractivity contribution in [3.8, 4) is 54.3 Å². The minimum absolute atomic E-state index is 0.691. The summed E-state index contributed by atoms with van der Waals surface area (Å²) in [5.74, 6) is 0. The van der Waals surface area contributed by atoms with Crippen LogP contribution in [0.2, 0.25) is 0 Å². The average Bonchev–Trinajstić information content (AvgIpc) is 2.39. The zero-order valence-electron chi connectivity index (χ0n) is 44.2. The summed E-state index contributed by atoms with van der Waals surface area (Å²) in [4.78, 5) is 7.45. The van der Waals surface area contributed by atoms with Gasteiger partial charge in [0.1, 0.15) is 0 Å². The molecule has 2 aromatic heterocycles. The molecule has 12 aromatic carbocycles. The number of para-hydroxylation sites is 2. The Balaban J connectivity index is 0.925. The van der Waals surface area contributed by atoms with Crippen molar-refractivity contribution in [1.29, 1.82) is 0 Å². The van der Waals surface area contributed by atoms with Crippen LogP contribution in [0.3, 0.4) is 0 Å². The number of rotatable bonds is 12. The summed E-state index contributed by atoms with van der Waals surface area (Å²) < 4.78 is 2.48. The molecule has 0 atom stereocenters. The second-order valence-electron chi connectivity index (χ2n) is 20.7. The predicted octanol–water partition coefficient (Wildman–Crippen LogP) is 22.1. The van der Waals surface area contributed by atoms with Crippen molar-refractivity contribution in [3.05, 3.63) is 338 Å². The van der Waals surface area contributed by atoms with Gasteiger partial charge in [0.05, 0.1) is 5.41 Å². The third kappa shape index (κ3) is 8.30. The van der Waals surface area contributed by atoms with Crippen LogP contribution in [-0.2, 0) is 5.41 Å². The Morgan fingerprint density at radius 1 is 0.247 bits per heavy atom. The molecule has 0 radical (unpaired) electrons. The molecule has 0 N–H and O–H groups in total. The molecule has 2 heterocycles. The molecule has 1 aliphatic rings. The molecule has 14 aromatic rings. The van der Waals surface area contributed by atoms with E-state index in [0.717, 1.165) is 34.1 Å². The second kappa shape index (κ2) is 20.4. The number of anilines is 6. The SMILES string of the molecule is c1ccc(-c2sc3cc(N(c4ccccc4)c4ccc5c(c4)C(c4ccccc4)(c4ccccc4)c4cc(N(c6ccccc6)c6ccc7c(-c8ccccc8)c(-c8ccccc8)sc7c6)ccc4-5)ccc3c2-c2ccccc2)cc1. The lowest BCUT2D eigenvalue weighted by Gasteiger charge is -2.35. The molecule has 0 saturated heterocycles. The summed E-state index contributed by atoms with van der Waals surface area (Å²) in [5, 5.41) is 2.51. The van der Waals surface area contributed by atoms with E-state index < -0.39 is 5.41 Å². The fraction of sp³-hybridized carbons (Fsp3) is 0.0130. The number of fused-ring (bicyclic) bond motifs is 5. The van der Waals surface area contributed by atoms with E-state index in [1.165, 1.54) is 96.7 Å². The fourth-order valence-corrected chi connectivity index (χ4v) is 15.1. The Hall–Kier alpha value is -9.84. The lowest BCUT2D eigenvalue weighted by atomic mass is 9.67. The van der Waals surface area contributed by atoms with E-state index in [4.69, 9.17) is 0 Å². The molecule has 1 aliphatic carbocycles. The van der Waals surface area contributed by atoms with E-state index in [-0.39, 0.29) is 0 Å². The quantitative estimate of drug-likeness (QED) is 0.120. The van der Waals surface area contributed by atoms with Gasteiger partial charge in [0.25, 0.3) is 0 Å². The highest BCUT2D eigenvalue weighted by atomic mass is 32.1. The molecule has 15 rings (SSSR count). The zero-order valence-corrected chi connectivity index (χ0v) is 45.9. The molecule has 0 aliphatic heterocycles. The first-order chi connectivity index (χ1) is 40.2. The summed E-state index contributed by atoms with van der Waals surface area (Å²) in [6.45, 7) is 0. The number of nitrogens with zero attached hydrogens (tertiary/aromatic N) is 2. The molecule has 382 valence electrons. The van der Waals surface area contributed by atoms with Crippen LogP contribution in [0, 0.1) is 0 Å². The Morgan fingerprint density at radius 3 is 0.901 bits per heavy atom. The maximum atomic E-state index is 2.49. The highest BCUT2D eigenvalue weighted by molar-refractivity contribution is 7.23. The highest BCUT2D eigenvalue weighted by Crippen LogP contribution is 2.59. The van der Waals surface area contributed by atoms with Crippen molar-refractivity contribution in [3.63, 3.8) is 0 Å². The van der Waals surface area contributed by atoms with Gasteiger partial charge in [0, 0.05) is 75.2 Å². The summed E-state index contributed by atoms with van der Waals surface area (Å²) >= 11 is 3.74. The van der Waals surface area contributed by atoms with Crippen molar-refractivity contribution >= 4 is 77.0 Å². The van der Waals surface area contributed by atoms with Crippen molar-refractivity contribution in [2.45, 2.75) is 5.41 Å². The lowest BCUT2D eigenvalue weighted by molar-refractivity contribution is 0.768. The van der Waals surface area contributed by atoms with Crippen molar-refractivity contribution in [2.24, 2.45) is 0 Å². The van der Waals surface area contributed by atoms with Crippen LogP contribution in [0.4, 0.5) is 34.1 Å². The van der Waals surface area contributed by atoms with E-state index in [1.54, 1.807) is 0 Å². The predicted molar refractivity (Wildman–Crippen MR) is 346 cm³/mol. The molecule has 81 heavy (non-hydrogen) atoms. The van der Waals surface area contributed by atoms with Crippen LogP contribution in [0.1, 0.15) is 22.3 Å². The van der Waals surface area contributed by atoms with Gasteiger partial charge >= 0.3 is 0 Å². The van der Waals surface area contributed by atoms with Crippen LogP contribution in [0.15, 0.2) is 315 Å². The first-order valence-electron chi connectivity index (χ1n) is 27.6. The Kier molecular flexibility index (Phi) is 12.2. The zero-order chi connectivity index (χ0) is 53.7. The van der Waals surface area contributed by atoms with Gasteiger partial charge in [-0.15, -0.1) is 22.7 Å². The smallest absolute Gasteiger partial charge is 0.0715 e. The van der Waals surface area contributed by atoms with Gasteiger partial charge in [-0.1, -0.05) is 243 Å². The third-order valence-corrected chi connectivity index (χ3v) is 18.5. The Labute approximate surface area is 481 Å². The van der Waals surface area contributed by atoms with Gasteiger partial charge in [-0.3, -0.25) is 0 Å². The van der Waals surface area contributed by atoms with Gasteiger partial charge < -0.3 is 9.80 Å². The number of hydrogen-bond donors (Lipinski definition) is 0. The van der Waals surface area contributed by atoms with Crippen LogP contribution >= 0.6 is 22.7 Å². The van der Waals surface area contributed by atoms with E-state index in [1.807, 2.05) is 22.7 Å². The maximum Gasteiger partial charge on any atom is 0.0715 e. The normalized spacial score (nSPS) is 12.3. The molecule has 2 nitrogen and oxygen atoms in total. The summed E-state index contributed by atoms with van der Waals surface area (Å²) in [6.07, 6.45) is 0. The van der Waals surface area contributed by atoms with Crippen LogP contribution in [-0.4, -0.2) is 0 Å². The highest BCUT2D eigenvalue weighted by Gasteiger charge is 2.47. The molecule has 0 fully saturated rings. The van der Waals surface area contributed by atoms with Crippen LogP contribution < -0.4 is 9.80 Å². The van der Waals surface area contributed by atoms with Crippen LogP contribution in [0.5, 0.6) is 0 Å². The van der Waals surface area contributed by atoms with Gasteiger partial charge in [-0.25, -0.2) is 0 Å². The van der Waals surface area contributed by atoms with Gasteiger partial charge in [0.15, 0.2) is 0 Å². The van der Waals surface area contributed by atoms with Gasteiger partial charge in [-0.2, -0.15) is 0 Å². The summed E-state index contributed by atoms with van der Waals surface area (Å²) in [7, 11) is 0. The molecule has 4 heteroatoms. The number of thiophene rings is 2. The molecule has 0 unspecified atom stereocenters. The monoisotopic (exact) mass is 1070 g/mol. The molecule has 0 saturated carbocycles. The minimum atomic E-state index is -0.691. The second-order valence-corrected chi connectivity index (χ2v) is 22.8. The van der Waals surface area contributed by atoms with E-state index in [0.29, 0.717) is 0 Å². The van der Waals surface area contributed by atoms with Crippen molar-refractivity contribution < 1.29 is 0 Å². The number of hydrogen-bond acceptors (Lipinski definition) is 4. The standard InChI is InChI=1S/C77H52N2S2/c1-9-25-53(26-10-1)73-67-47-43-63(51-71(67)80-75(73)55-29-13-3-14-30-55)78(59-37-21-7-22-38-59)61-41-45-65-66-46-42-62(50-70(66)77(69(65)49-61,57-33-17-5-18-34-57)58-35-19-6-20-36-58)79(60-39-23-8-24-40-60)64-44-48-68-72(52-64)81-76(56-31-15-4-16-32-56)74(68)54-27-11-2-12-28-54/h1-52H. The van der Waals surface area contributed by atoms with Gasteiger partial charge in [0.2, 0.25) is 0 Å². The first-order valence-corrected chi connectivity index (χ1v) is 29.3. The lowest BCUT2D eigenvalue weighted by Crippen LogP contribution is -2.29. The largest absolute Gasteiger partial charge is 0.310 e. The Morgan fingerprint density at radius 2 is 0.543 bits per heavy atom. The molecule has 0 amide bonds. The van der Waals surface area contributed by atoms with E-state index in [9.17, 15) is 0 Å². The van der Waals surface area contributed by atoms with Crippen molar-refractivity contribution in [1.82, 2.24) is 0 Å². The topological polar surface area (TPSA) is 6.48 Å². The molecule has 0 bridgehead atoms. The molecule has 0 spiro atoms. The fourth-order valence-electron chi connectivity index (χ4n) is 12.6. The minimum Gasteiger partial charge on any atom is -0.310 e. The maximum absolute atomic E-state index is 2.49. The number of benzene rings is 12. The van der Waals surface area contributed by atoms with Crippen LogP contribution in [0.25, 0.3) is 74.4 Å². The first kappa shape index (κ1) is 48.3. The molecular weight excluding hydrogens is 1020 g/mol. The third-order valence-electron chi connectivity index (χ3n) is 16.1. The average molecular weight is 1070 g/mol. The van der Waals surface area contributed by atoms with Gasteiger partial charge in [-0.05, 0) is 128 Å².